The molecule has 2 rings (SSSR count). The first-order chi connectivity index (χ1) is 14.6. The Balaban J connectivity index is 2.12. The van der Waals surface area contributed by atoms with E-state index in [1.54, 1.807) is 0 Å². The van der Waals surface area contributed by atoms with Crippen LogP contribution in [0.1, 0.15) is 52.4 Å². The quantitative estimate of drug-likeness (QED) is 0.282. The molecule has 0 spiro atoms. The Morgan fingerprint density at radius 3 is 2.35 bits per heavy atom. The van der Waals surface area contributed by atoms with Gasteiger partial charge in [0.2, 0.25) is 23.6 Å². The van der Waals surface area contributed by atoms with Gasteiger partial charge in [-0.05, 0) is 44.6 Å². The highest BCUT2D eigenvalue weighted by Gasteiger charge is 2.39. The standard InChI is InChI=1S/C20H33N5O6/c1-11(2)9-13(23-17(27)12-5-3-7-22-12)18(28)24-14(10-16(21)26)19(29)25-8-4-6-15(25)20(30)31/h11-15,22H,3-10H2,1-2H3,(H2,21,26)(H,23,27)(H,24,28)(H,30,31). The molecule has 31 heavy (non-hydrogen) atoms. The molecule has 0 aromatic carbocycles. The van der Waals surface area contributed by atoms with E-state index in [9.17, 15) is 29.1 Å². The molecule has 174 valence electrons. The van der Waals surface area contributed by atoms with Gasteiger partial charge in [0.1, 0.15) is 18.1 Å². The minimum atomic E-state index is -1.29. The van der Waals surface area contributed by atoms with Crippen molar-refractivity contribution in [3.63, 3.8) is 0 Å². The van der Waals surface area contributed by atoms with E-state index in [-0.39, 0.29) is 24.4 Å². The van der Waals surface area contributed by atoms with Gasteiger partial charge in [0, 0.05) is 6.54 Å². The second-order valence-electron chi connectivity index (χ2n) is 8.60. The van der Waals surface area contributed by atoms with E-state index in [4.69, 9.17) is 5.73 Å². The third kappa shape index (κ3) is 6.91. The molecular formula is C20H33N5O6. The van der Waals surface area contributed by atoms with Crippen LogP contribution in [-0.2, 0) is 24.0 Å². The number of aliphatic carboxylic acids is 1. The van der Waals surface area contributed by atoms with Crippen molar-refractivity contribution in [2.24, 2.45) is 11.7 Å². The van der Waals surface area contributed by atoms with E-state index >= 15 is 0 Å². The molecule has 6 N–H and O–H groups in total. The van der Waals surface area contributed by atoms with Crippen molar-refractivity contribution in [3.05, 3.63) is 0 Å². The van der Waals surface area contributed by atoms with Gasteiger partial charge in [0.25, 0.3) is 0 Å². The second-order valence-corrected chi connectivity index (χ2v) is 8.60. The zero-order valence-corrected chi connectivity index (χ0v) is 18.1. The minimum absolute atomic E-state index is 0.0767. The largest absolute Gasteiger partial charge is 0.480 e. The van der Waals surface area contributed by atoms with Gasteiger partial charge in [-0.3, -0.25) is 19.2 Å². The van der Waals surface area contributed by atoms with Crippen molar-refractivity contribution in [1.29, 1.82) is 0 Å². The number of carbonyl (C=O) groups is 5. The summed E-state index contributed by atoms with van der Waals surface area (Å²) in [6.07, 6.45) is 2.24. The van der Waals surface area contributed by atoms with E-state index < -0.39 is 48.2 Å². The summed E-state index contributed by atoms with van der Waals surface area (Å²) in [5.74, 6) is -3.42. The van der Waals surface area contributed by atoms with E-state index in [1.807, 2.05) is 13.8 Å². The Kier molecular flexibility index (Phi) is 8.78. The number of rotatable bonds is 10. The van der Waals surface area contributed by atoms with Crippen molar-refractivity contribution in [2.45, 2.75) is 76.5 Å². The van der Waals surface area contributed by atoms with Crippen molar-refractivity contribution in [2.75, 3.05) is 13.1 Å². The number of hydrogen-bond acceptors (Lipinski definition) is 6. The number of carbonyl (C=O) groups excluding carboxylic acids is 4. The van der Waals surface area contributed by atoms with Gasteiger partial charge in [-0.15, -0.1) is 0 Å². The number of nitrogens with zero attached hydrogens (tertiary/aromatic N) is 1. The average Bonchev–Trinajstić information content (AvgIpc) is 3.37. The number of amides is 4. The van der Waals surface area contributed by atoms with Crippen molar-refractivity contribution >= 4 is 29.6 Å². The molecule has 2 aliphatic rings. The molecule has 2 saturated heterocycles. The number of nitrogens with one attached hydrogen (secondary N) is 3. The predicted molar refractivity (Wildman–Crippen MR) is 111 cm³/mol. The summed E-state index contributed by atoms with van der Waals surface area (Å²) in [7, 11) is 0. The molecule has 4 unspecified atom stereocenters. The fourth-order valence-electron chi connectivity index (χ4n) is 4.04. The zero-order valence-electron chi connectivity index (χ0n) is 18.1. The number of hydrogen-bond donors (Lipinski definition) is 5. The molecule has 2 fully saturated rings. The van der Waals surface area contributed by atoms with Crippen LogP contribution in [0, 0.1) is 5.92 Å². The summed E-state index contributed by atoms with van der Waals surface area (Å²) < 4.78 is 0. The molecular weight excluding hydrogens is 406 g/mol. The predicted octanol–water partition coefficient (Wildman–Crippen LogP) is -1.29. The first-order valence-corrected chi connectivity index (χ1v) is 10.8. The third-order valence-corrected chi connectivity index (χ3v) is 5.56. The lowest BCUT2D eigenvalue weighted by molar-refractivity contribution is -0.149. The van der Waals surface area contributed by atoms with Gasteiger partial charge in [-0.25, -0.2) is 4.79 Å². The fourth-order valence-corrected chi connectivity index (χ4v) is 4.04. The highest BCUT2D eigenvalue weighted by molar-refractivity contribution is 5.96. The number of carboxylic acid groups (broad SMARTS) is 1. The highest BCUT2D eigenvalue weighted by Crippen LogP contribution is 2.19. The van der Waals surface area contributed by atoms with Crippen molar-refractivity contribution in [3.8, 4) is 0 Å². The molecule has 4 amide bonds. The third-order valence-electron chi connectivity index (χ3n) is 5.56. The van der Waals surface area contributed by atoms with Crippen LogP contribution in [0.4, 0.5) is 0 Å². The minimum Gasteiger partial charge on any atom is -0.480 e. The molecule has 4 atom stereocenters. The van der Waals surface area contributed by atoms with Crippen LogP contribution in [0.3, 0.4) is 0 Å². The number of nitrogens with two attached hydrogens (primary N) is 1. The maximum absolute atomic E-state index is 13.0. The molecule has 2 heterocycles. The van der Waals surface area contributed by atoms with Gasteiger partial charge in [-0.2, -0.15) is 0 Å². The van der Waals surface area contributed by atoms with E-state index in [1.165, 1.54) is 0 Å². The van der Waals surface area contributed by atoms with Crippen LogP contribution >= 0.6 is 0 Å². The first kappa shape index (κ1) is 24.6. The van der Waals surface area contributed by atoms with Crippen LogP contribution in [0.25, 0.3) is 0 Å². The van der Waals surface area contributed by atoms with E-state index in [0.29, 0.717) is 25.7 Å². The Morgan fingerprint density at radius 1 is 1.10 bits per heavy atom. The van der Waals surface area contributed by atoms with Gasteiger partial charge in [0.15, 0.2) is 0 Å². The molecule has 2 aliphatic heterocycles. The lowest BCUT2D eigenvalue weighted by Crippen LogP contribution is -2.58. The SMILES string of the molecule is CC(C)CC(NC(=O)C1CCCN1)C(=O)NC(CC(N)=O)C(=O)N1CCCC1C(=O)O. The Hall–Kier alpha value is -2.69. The summed E-state index contributed by atoms with van der Waals surface area (Å²) >= 11 is 0. The summed E-state index contributed by atoms with van der Waals surface area (Å²) in [5, 5.41) is 17.7. The summed E-state index contributed by atoms with van der Waals surface area (Å²) in [5.41, 5.74) is 5.26. The van der Waals surface area contributed by atoms with Crippen LogP contribution in [0.5, 0.6) is 0 Å². The highest BCUT2D eigenvalue weighted by atomic mass is 16.4. The summed E-state index contributed by atoms with van der Waals surface area (Å²) in [6, 6.07) is -3.56. The summed E-state index contributed by atoms with van der Waals surface area (Å²) in [4.78, 5) is 62.5. The van der Waals surface area contributed by atoms with Crippen molar-refractivity contribution < 1.29 is 29.1 Å². The molecule has 0 aromatic rings. The molecule has 11 heteroatoms. The zero-order chi connectivity index (χ0) is 23.1. The first-order valence-electron chi connectivity index (χ1n) is 10.8. The van der Waals surface area contributed by atoms with E-state index in [0.717, 1.165) is 17.9 Å². The van der Waals surface area contributed by atoms with E-state index in [2.05, 4.69) is 16.0 Å². The average molecular weight is 440 g/mol. The number of carboxylic acids is 1. The molecule has 0 aliphatic carbocycles. The normalized spacial score (nSPS) is 22.7. The second kappa shape index (κ2) is 11.1. The maximum atomic E-state index is 13.0. The molecule has 0 saturated carbocycles. The number of likely N-dealkylation sites (tertiary alicyclic amines) is 1. The van der Waals surface area contributed by atoms with Crippen LogP contribution in [0.2, 0.25) is 0 Å². The van der Waals surface area contributed by atoms with Gasteiger partial charge in [-0.1, -0.05) is 13.8 Å². The van der Waals surface area contributed by atoms with Crippen LogP contribution < -0.4 is 21.7 Å². The molecule has 11 nitrogen and oxygen atoms in total. The van der Waals surface area contributed by atoms with Gasteiger partial charge < -0.3 is 31.7 Å². The molecule has 0 radical (unpaired) electrons. The number of primary amides is 1. The maximum Gasteiger partial charge on any atom is 0.326 e. The Morgan fingerprint density at radius 2 is 1.81 bits per heavy atom. The van der Waals surface area contributed by atoms with Gasteiger partial charge >= 0.3 is 5.97 Å². The lowest BCUT2D eigenvalue weighted by atomic mass is 10.0. The van der Waals surface area contributed by atoms with Crippen LogP contribution in [-0.4, -0.2) is 76.9 Å². The van der Waals surface area contributed by atoms with Crippen molar-refractivity contribution in [1.82, 2.24) is 20.9 Å². The summed E-state index contributed by atoms with van der Waals surface area (Å²) in [6.45, 7) is 4.75. The smallest absolute Gasteiger partial charge is 0.326 e. The topological polar surface area (TPSA) is 171 Å². The Labute approximate surface area is 181 Å². The fraction of sp³-hybridized carbons (Fsp3) is 0.750. The molecule has 0 aromatic heterocycles. The molecule has 0 bridgehead atoms. The monoisotopic (exact) mass is 439 g/mol. The van der Waals surface area contributed by atoms with Gasteiger partial charge in [0.05, 0.1) is 12.5 Å². The lowest BCUT2D eigenvalue weighted by Gasteiger charge is -2.29. The van der Waals surface area contributed by atoms with Crippen LogP contribution in [0.15, 0.2) is 0 Å². The Bertz CT molecular complexity index is 706.